The van der Waals surface area contributed by atoms with Crippen molar-refractivity contribution in [3.63, 3.8) is 0 Å². The molecule has 0 N–H and O–H groups in total. The predicted octanol–water partition coefficient (Wildman–Crippen LogP) is 5.07. The monoisotopic (exact) mass is 443 g/mol. The van der Waals surface area contributed by atoms with Gasteiger partial charge in [0.1, 0.15) is 5.75 Å². The van der Waals surface area contributed by atoms with Crippen LogP contribution in [0.1, 0.15) is 16.7 Å². The fourth-order valence-electron chi connectivity index (χ4n) is 2.93. The Morgan fingerprint density at radius 1 is 0.967 bits per heavy atom. The second-order valence-electron chi connectivity index (χ2n) is 6.94. The Labute approximate surface area is 181 Å². The zero-order valence-corrected chi connectivity index (χ0v) is 18.5. The number of hydrogen-bond acceptors (Lipinski definition) is 4. The van der Waals surface area contributed by atoms with Gasteiger partial charge >= 0.3 is 0 Å². The molecule has 0 heterocycles. The Morgan fingerprint density at radius 3 is 2.30 bits per heavy atom. The molecule has 0 radical (unpaired) electrons. The van der Waals surface area contributed by atoms with Crippen LogP contribution in [0.3, 0.4) is 0 Å². The lowest BCUT2D eigenvalue weighted by molar-refractivity contribution is -0.119. The Morgan fingerprint density at radius 2 is 1.63 bits per heavy atom. The number of sulfonamides is 1. The zero-order chi connectivity index (χ0) is 21.9. The Hall–Kier alpha value is -2.83. The van der Waals surface area contributed by atoms with Crippen molar-refractivity contribution >= 4 is 33.2 Å². The molecule has 0 unspecified atom stereocenters. The van der Waals surface area contributed by atoms with Crippen LogP contribution < -0.4 is 9.04 Å². The maximum absolute atomic E-state index is 13.4. The van der Waals surface area contributed by atoms with Gasteiger partial charge in [-0.15, -0.1) is 0 Å². The van der Waals surface area contributed by atoms with Crippen molar-refractivity contribution in [2.75, 3.05) is 10.9 Å². The van der Waals surface area contributed by atoms with Crippen LogP contribution >= 0.6 is 11.6 Å². The summed E-state index contributed by atoms with van der Waals surface area (Å²) >= 11 is 5.95. The van der Waals surface area contributed by atoms with Crippen molar-refractivity contribution in [3.05, 3.63) is 88.4 Å². The summed E-state index contributed by atoms with van der Waals surface area (Å²) in [6.45, 7) is 5.05. The number of carbonyl (C=O) groups excluding carboxylic acids is 1. The lowest BCUT2D eigenvalue weighted by Crippen LogP contribution is -2.40. The zero-order valence-electron chi connectivity index (χ0n) is 16.9. The van der Waals surface area contributed by atoms with Gasteiger partial charge in [-0.1, -0.05) is 47.5 Å². The van der Waals surface area contributed by atoms with E-state index in [1.165, 1.54) is 12.1 Å². The Bertz CT molecular complexity index is 1170. The van der Waals surface area contributed by atoms with Gasteiger partial charge in [-0.25, -0.2) is 8.42 Å². The minimum absolute atomic E-state index is 0.0325. The summed E-state index contributed by atoms with van der Waals surface area (Å²) < 4.78 is 33.2. The van der Waals surface area contributed by atoms with Crippen LogP contribution in [0, 0.1) is 20.8 Å². The Balaban J connectivity index is 2.02. The number of anilines is 1. The summed E-state index contributed by atoms with van der Waals surface area (Å²) in [4.78, 5) is 13.2. The summed E-state index contributed by atoms with van der Waals surface area (Å²) in [5.74, 6) is -0.325. The van der Waals surface area contributed by atoms with Gasteiger partial charge in [0, 0.05) is 5.02 Å². The summed E-state index contributed by atoms with van der Waals surface area (Å²) in [5, 5.41) is 0.457. The van der Waals surface area contributed by atoms with Crippen LogP contribution in [0.2, 0.25) is 5.02 Å². The van der Waals surface area contributed by atoms with Crippen LogP contribution in [0.15, 0.2) is 71.6 Å². The van der Waals surface area contributed by atoms with Gasteiger partial charge < -0.3 is 4.74 Å². The number of carbonyl (C=O) groups is 1. The van der Waals surface area contributed by atoms with Crippen LogP contribution in [0.25, 0.3) is 0 Å². The molecule has 0 fully saturated rings. The Kier molecular flexibility index (Phi) is 6.48. The smallest absolute Gasteiger partial charge is 0.278 e. The van der Waals surface area contributed by atoms with E-state index in [9.17, 15) is 13.2 Å². The molecule has 0 spiro atoms. The van der Waals surface area contributed by atoms with Crippen molar-refractivity contribution in [3.8, 4) is 5.75 Å². The third kappa shape index (κ3) is 4.66. The first-order valence-corrected chi connectivity index (χ1v) is 11.1. The highest BCUT2D eigenvalue weighted by molar-refractivity contribution is 7.93. The van der Waals surface area contributed by atoms with E-state index in [1.807, 2.05) is 19.9 Å². The average Bonchev–Trinajstić information content (AvgIpc) is 2.70. The first-order valence-electron chi connectivity index (χ1n) is 9.29. The van der Waals surface area contributed by atoms with Crippen molar-refractivity contribution in [1.29, 1.82) is 0 Å². The molecule has 3 aromatic carbocycles. The van der Waals surface area contributed by atoms with E-state index in [4.69, 9.17) is 16.3 Å². The number of amides is 1. The molecule has 0 bridgehead atoms. The lowest BCUT2D eigenvalue weighted by Gasteiger charge is -2.25. The lowest BCUT2D eigenvalue weighted by atomic mass is 10.1. The molecule has 1 amide bonds. The first-order chi connectivity index (χ1) is 14.2. The summed E-state index contributed by atoms with van der Waals surface area (Å²) in [7, 11) is -4.14. The second kappa shape index (κ2) is 8.90. The molecule has 7 heteroatoms. The maximum Gasteiger partial charge on any atom is 0.278 e. The normalized spacial score (nSPS) is 11.2. The average molecular weight is 444 g/mol. The summed E-state index contributed by atoms with van der Waals surface area (Å²) in [6.07, 6.45) is 0. The van der Waals surface area contributed by atoms with Gasteiger partial charge in [0.05, 0.1) is 10.6 Å². The molecule has 0 aromatic heterocycles. The number of aryl methyl sites for hydroxylation is 2. The van der Waals surface area contributed by atoms with Crippen molar-refractivity contribution in [1.82, 2.24) is 0 Å². The largest absolute Gasteiger partial charge is 0.484 e. The van der Waals surface area contributed by atoms with Gasteiger partial charge in [-0.3, -0.25) is 4.79 Å². The highest BCUT2D eigenvalue weighted by atomic mass is 35.5. The van der Waals surface area contributed by atoms with E-state index in [2.05, 4.69) is 0 Å². The summed E-state index contributed by atoms with van der Waals surface area (Å²) in [6, 6.07) is 18.2. The van der Waals surface area contributed by atoms with Crippen molar-refractivity contribution in [2.45, 2.75) is 25.7 Å². The van der Waals surface area contributed by atoms with Gasteiger partial charge in [0.2, 0.25) is 0 Å². The molecule has 0 atom stereocenters. The van der Waals surface area contributed by atoms with Crippen molar-refractivity contribution < 1.29 is 17.9 Å². The number of halogens is 1. The number of hydrogen-bond donors (Lipinski definition) is 0. The van der Waals surface area contributed by atoms with E-state index in [0.717, 1.165) is 15.4 Å². The van der Waals surface area contributed by atoms with Gasteiger partial charge in [-0.2, -0.15) is 4.31 Å². The molecule has 3 aromatic rings. The predicted molar refractivity (Wildman–Crippen MR) is 119 cm³/mol. The number of rotatable bonds is 6. The molecule has 0 aliphatic heterocycles. The highest BCUT2D eigenvalue weighted by Gasteiger charge is 2.32. The number of ether oxygens (including phenoxy) is 1. The maximum atomic E-state index is 13.4. The van der Waals surface area contributed by atoms with E-state index < -0.39 is 22.5 Å². The van der Waals surface area contributed by atoms with Crippen molar-refractivity contribution in [2.24, 2.45) is 0 Å². The second-order valence-corrected chi connectivity index (χ2v) is 9.16. The van der Waals surface area contributed by atoms with Crippen LogP contribution in [-0.2, 0) is 14.8 Å². The van der Waals surface area contributed by atoms with Gasteiger partial charge in [-0.05, 0) is 68.3 Å². The quantitative estimate of drug-likeness (QED) is 0.533. The van der Waals surface area contributed by atoms with E-state index in [1.54, 1.807) is 55.5 Å². The summed E-state index contributed by atoms with van der Waals surface area (Å²) in [5.41, 5.74) is 2.79. The minimum atomic E-state index is -4.14. The SMILES string of the molecule is Cc1ccc(S(=O)(=O)N(C(=O)COc2cccc(Cl)c2)c2cccc(C)c2C)cc1. The molecule has 5 nitrogen and oxygen atoms in total. The number of benzene rings is 3. The highest BCUT2D eigenvalue weighted by Crippen LogP contribution is 2.29. The molecule has 0 aliphatic carbocycles. The molecule has 156 valence electrons. The molecule has 0 saturated heterocycles. The fraction of sp³-hybridized carbons (Fsp3) is 0.174. The van der Waals surface area contributed by atoms with Gasteiger partial charge in [0.25, 0.3) is 15.9 Å². The number of nitrogens with zero attached hydrogens (tertiary/aromatic N) is 1. The van der Waals surface area contributed by atoms with E-state index in [0.29, 0.717) is 22.0 Å². The van der Waals surface area contributed by atoms with Gasteiger partial charge in [0.15, 0.2) is 6.61 Å². The molecule has 0 saturated carbocycles. The van der Waals surface area contributed by atoms with Crippen LogP contribution in [0.4, 0.5) is 5.69 Å². The molecular weight excluding hydrogens is 422 g/mol. The van der Waals surface area contributed by atoms with Crippen LogP contribution in [-0.4, -0.2) is 20.9 Å². The van der Waals surface area contributed by atoms with Crippen LogP contribution in [0.5, 0.6) is 5.75 Å². The van der Waals surface area contributed by atoms with E-state index in [-0.39, 0.29) is 4.90 Å². The minimum Gasteiger partial charge on any atom is -0.484 e. The third-order valence-corrected chi connectivity index (χ3v) is 6.72. The first kappa shape index (κ1) is 21.9. The van der Waals surface area contributed by atoms with E-state index >= 15 is 0 Å². The standard InChI is InChI=1S/C23H22ClNO4S/c1-16-10-12-21(13-11-16)30(27,28)25(22-9-4-6-17(2)18(22)3)23(26)15-29-20-8-5-7-19(24)14-20/h4-14H,15H2,1-3H3. The molecule has 0 aliphatic rings. The third-order valence-electron chi connectivity index (χ3n) is 4.74. The fourth-order valence-corrected chi connectivity index (χ4v) is 4.58. The topological polar surface area (TPSA) is 63.7 Å². The molecular formula is C23H22ClNO4S. The molecule has 3 rings (SSSR count). The molecule has 30 heavy (non-hydrogen) atoms.